The molecule has 0 radical (unpaired) electrons. The van der Waals surface area contributed by atoms with Gasteiger partial charge < -0.3 is 4.90 Å². The third-order valence-corrected chi connectivity index (χ3v) is 4.07. The van der Waals surface area contributed by atoms with E-state index in [1.54, 1.807) is 16.7 Å². The summed E-state index contributed by atoms with van der Waals surface area (Å²) in [6, 6.07) is 8.11. The summed E-state index contributed by atoms with van der Waals surface area (Å²) >= 11 is 1.71. The quantitative estimate of drug-likeness (QED) is 0.784. The first kappa shape index (κ1) is 11.5. The van der Waals surface area contributed by atoms with Gasteiger partial charge in [-0.05, 0) is 24.5 Å². The fourth-order valence-corrected chi connectivity index (χ4v) is 3.48. The number of carbonyl (C=O) groups is 1. The molecule has 1 unspecified atom stereocenters. The zero-order valence-corrected chi connectivity index (χ0v) is 10.8. The van der Waals surface area contributed by atoms with Crippen molar-refractivity contribution in [2.75, 3.05) is 11.9 Å². The van der Waals surface area contributed by atoms with Crippen molar-refractivity contribution in [1.29, 1.82) is 0 Å². The third kappa shape index (κ3) is 2.09. The zero-order valence-electron chi connectivity index (χ0n) is 9.93. The second-order valence-electron chi connectivity index (χ2n) is 4.60. The molecule has 0 aromatic heterocycles. The van der Waals surface area contributed by atoms with E-state index in [1.165, 1.54) is 4.90 Å². The molecule has 0 saturated carbocycles. The number of fused-ring (bicyclic) bond motifs is 1. The van der Waals surface area contributed by atoms with Crippen LogP contribution in [0, 0.1) is 5.92 Å². The van der Waals surface area contributed by atoms with Crippen LogP contribution in [0.25, 0.3) is 0 Å². The van der Waals surface area contributed by atoms with E-state index < -0.39 is 0 Å². The lowest BCUT2D eigenvalue weighted by atomic mass is 10.1. The minimum absolute atomic E-state index is 0.0832. The Morgan fingerprint density at radius 3 is 2.75 bits per heavy atom. The summed E-state index contributed by atoms with van der Waals surface area (Å²) in [6.07, 6.45) is 0.947. The Labute approximate surface area is 101 Å². The SMILES string of the molecule is CC(C)CC1Sc2ccccc2N(C)C1=O. The Balaban J connectivity index is 2.28. The predicted octanol–water partition coefficient (Wildman–Crippen LogP) is 3.17. The van der Waals surface area contributed by atoms with Crippen LogP contribution in [0.3, 0.4) is 0 Å². The number of thioether (sulfide) groups is 1. The number of amides is 1. The second kappa shape index (κ2) is 4.50. The maximum Gasteiger partial charge on any atom is 0.240 e. The van der Waals surface area contributed by atoms with Gasteiger partial charge in [0.25, 0.3) is 0 Å². The molecule has 16 heavy (non-hydrogen) atoms. The van der Waals surface area contributed by atoms with E-state index >= 15 is 0 Å². The summed E-state index contributed by atoms with van der Waals surface area (Å²) in [6.45, 7) is 4.32. The standard InChI is InChI=1S/C13H17NOS/c1-9(2)8-12-13(15)14(3)10-6-4-5-7-11(10)16-12/h4-7,9,12H,8H2,1-3H3. The van der Waals surface area contributed by atoms with Crippen molar-refractivity contribution in [3.05, 3.63) is 24.3 Å². The van der Waals surface area contributed by atoms with Gasteiger partial charge in [-0.3, -0.25) is 4.79 Å². The van der Waals surface area contributed by atoms with Crippen molar-refractivity contribution in [2.45, 2.75) is 30.4 Å². The highest BCUT2D eigenvalue weighted by Crippen LogP contribution is 2.40. The van der Waals surface area contributed by atoms with Crippen LogP contribution in [-0.2, 0) is 4.79 Å². The van der Waals surface area contributed by atoms with Crippen LogP contribution in [0.5, 0.6) is 0 Å². The molecule has 1 amide bonds. The topological polar surface area (TPSA) is 20.3 Å². The van der Waals surface area contributed by atoms with Crippen molar-refractivity contribution in [3.8, 4) is 0 Å². The number of rotatable bonds is 2. The van der Waals surface area contributed by atoms with Crippen LogP contribution in [0.15, 0.2) is 29.2 Å². The number of hydrogen-bond donors (Lipinski definition) is 0. The van der Waals surface area contributed by atoms with E-state index in [2.05, 4.69) is 19.9 Å². The molecular weight excluding hydrogens is 218 g/mol. The summed E-state index contributed by atoms with van der Waals surface area (Å²) < 4.78 is 0. The van der Waals surface area contributed by atoms with Gasteiger partial charge in [0, 0.05) is 11.9 Å². The molecule has 1 heterocycles. The third-order valence-electron chi connectivity index (χ3n) is 2.79. The largest absolute Gasteiger partial charge is 0.313 e. The molecule has 3 heteroatoms. The number of nitrogens with zero attached hydrogens (tertiary/aromatic N) is 1. The fourth-order valence-electron chi connectivity index (χ4n) is 1.95. The molecule has 0 bridgehead atoms. The average Bonchev–Trinajstić information content (AvgIpc) is 2.25. The van der Waals surface area contributed by atoms with E-state index in [0.717, 1.165) is 12.1 Å². The molecule has 1 aromatic carbocycles. The Hall–Kier alpha value is -0.960. The first-order valence-corrected chi connectivity index (χ1v) is 6.51. The van der Waals surface area contributed by atoms with E-state index in [9.17, 15) is 4.79 Å². The average molecular weight is 235 g/mol. The van der Waals surface area contributed by atoms with E-state index in [-0.39, 0.29) is 11.2 Å². The number of carbonyl (C=O) groups excluding carboxylic acids is 1. The van der Waals surface area contributed by atoms with Gasteiger partial charge in [0.1, 0.15) is 0 Å². The Kier molecular flexibility index (Phi) is 3.24. The van der Waals surface area contributed by atoms with Gasteiger partial charge in [0.15, 0.2) is 0 Å². The van der Waals surface area contributed by atoms with Crippen LogP contribution in [0.1, 0.15) is 20.3 Å². The van der Waals surface area contributed by atoms with Crippen molar-refractivity contribution in [3.63, 3.8) is 0 Å². The van der Waals surface area contributed by atoms with E-state index in [1.807, 2.05) is 25.2 Å². The molecule has 2 nitrogen and oxygen atoms in total. The molecule has 1 aromatic rings. The first-order chi connectivity index (χ1) is 7.59. The summed E-state index contributed by atoms with van der Waals surface area (Å²) in [5, 5.41) is 0.0832. The summed E-state index contributed by atoms with van der Waals surface area (Å²) in [4.78, 5) is 15.1. The monoisotopic (exact) mass is 235 g/mol. The van der Waals surface area contributed by atoms with Crippen LogP contribution >= 0.6 is 11.8 Å². The van der Waals surface area contributed by atoms with E-state index in [4.69, 9.17) is 0 Å². The van der Waals surface area contributed by atoms with Crippen LogP contribution < -0.4 is 4.90 Å². The number of para-hydroxylation sites is 1. The number of anilines is 1. The minimum atomic E-state index is 0.0832. The van der Waals surface area contributed by atoms with Crippen LogP contribution in [0.4, 0.5) is 5.69 Å². The molecule has 0 aliphatic carbocycles. The molecule has 86 valence electrons. The highest BCUT2D eigenvalue weighted by atomic mass is 32.2. The van der Waals surface area contributed by atoms with Gasteiger partial charge in [-0.15, -0.1) is 11.8 Å². The van der Waals surface area contributed by atoms with E-state index in [0.29, 0.717) is 5.92 Å². The van der Waals surface area contributed by atoms with Crippen LogP contribution in [-0.4, -0.2) is 18.2 Å². The molecule has 1 atom stereocenters. The number of hydrogen-bond acceptors (Lipinski definition) is 2. The summed E-state index contributed by atoms with van der Waals surface area (Å²) in [7, 11) is 1.87. The van der Waals surface area contributed by atoms with Gasteiger partial charge >= 0.3 is 0 Å². The minimum Gasteiger partial charge on any atom is -0.313 e. The van der Waals surface area contributed by atoms with Gasteiger partial charge in [0.05, 0.1) is 10.9 Å². The Morgan fingerprint density at radius 1 is 1.38 bits per heavy atom. The predicted molar refractivity (Wildman–Crippen MR) is 69.0 cm³/mol. The highest BCUT2D eigenvalue weighted by Gasteiger charge is 2.31. The van der Waals surface area contributed by atoms with Crippen molar-refractivity contribution in [2.24, 2.45) is 5.92 Å². The van der Waals surface area contributed by atoms with Crippen molar-refractivity contribution in [1.82, 2.24) is 0 Å². The Morgan fingerprint density at radius 2 is 2.06 bits per heavy atom. The van der Waals surface area contributed by atoms with Gasteiger partial charge in [0.2, 0.25) is 5.91 Å². The fraction of sp³-hybridized carbons (Fsp3) is 0.462. The molecule has 0 N–H and O–H groups in total. The normalized spacial score (nSPS) is 20.1. The van der Waals surface area contributed by atoms with Gasteiger partial charge in [-0.1, -0.05) is 26.0 Å². The molecule has 1 aliphatic heterocycles. The zero-order chi connectivity index (χ0) is 11.7. The van der Waals surface area contributed by atoms with Crippen molar-refractivity contribution >= 4 is 23.4 Å². The molecular formula is C13H17NOS. The molecule has 0 fully saturated rings. The summed E-state index contributed by atoms with van der Waals surface area (Å²) in [5.74, 6) is 0.789. The lowest BCUT2D eigenvalue weighted by Crippen LogP contribution is -2.38. The second-order valence-corrected chi connectivity index (χ2v) is 5.85. The molecule has 2 rings (SSSR count). The smallest absolute Gasteiger partial charge is 0.240 e. The van der Waals surface area contributed by atoms with Crippen LogP contribution in [0.2, 0.25) is 0 Å². The molecule has 1 aliphatic rings. The van der Waals surface area contributed by atoms with Gasteiger partial charge in [-0.2, -0.15) is 0 Å². The maximum absolute atomic E-state index is 12.1. The molecule has 0 saturated heterocycles. The first-order valence-electron chi connectivity index (χ1n) is 5.63. The molecule has 0 spiro atoms. The highest BCUT2D eigenvalue weighted by molar-refractivity contribution is 8.01. The van der Waals surface area contributed by atoms with Gasteiger partial charge in [-0.25, -0.2) is 0 Å². The lowest BCUT2D eigenvalue weighted by molar-refractivity contribution is -0.118. The lowest BCUT2D eigenvalue weighted by Gasteiger charge is -2.31. The number of benzene rings is 1. The Bertz CT molecular complexity index is 403. The van der Waals surface area contributed by atoms with Crippen molar-refractivity contribution < 1.29 is 4.79 Å². The summed E-state index contributed by atoms with van der Waals surface area (Å²) in [5.41, 5.74) is 1.04. The maximum atomic E-state index is 12.1.